The van der Waals surface area contributed by atoms with E-state index in [-0.39, 0.29) is 17.2 Å². The highest BCUT2D eigenvalue weighted by atomic mass is 32.2. The molecule has 2 aromatic rings. The average molecular weight is 330 g/mol. The second-order valence-electron chi connectivity index (χ2n) is 4.67. The standard InChI is InChI=1S/C17H15FN2O2S/c1-3-22-17(21)15(18)23-16-13(10-19)11(2)9-14(20-16)12-7-5-4-6-8-12/h4-9,15H,3H2,1-2H3. The van der Waals surface area contributed by atoms with Crippen LogP contribution in [0.15, 0.2) is 41.4 Å². The normalized spacial score (nSPS) is 11.6. The van der Waals surface area contributed by atoms with Crippen molar-refractivity contribution in [2.75, 3.05) is 6.61 Å². The molecule has 0 amide bonds. The lowest BCUT2D eigenvalue weighted by molar-refractivity contribution is -0.145. The Morgan fingerprint density at radius 1 is 1.43 bits per heavy atom. The Labute approximate surface area is 138 Å². The molecule has 0 radical (unpaired) electrons. The second-order valence-corrected chi connectivity index (χ2v) is 5.70. The number of rotatable bonds is 5. The topological polar surface area (TPSA) is 63.0 Å². The minimum Gasteiger partial charge on any atom is -0.463 e. The molecule has 2 rings (SSSR count). The summed E-state index contributed by atoms with van der Waals surface area (Å²) in [6, 6.07) is 13.2. The Morgan fingerprint density at radius 2 is 2.13 bits per heavy atom. The highest BCUT2D eigenvalue weighted by Gasteiger charge is 2.23. The molecule has 0 spiro atoms. The number of nitriles is 1. The van der Waals surface area contributed by atoms with Gasteiger partial charge in [0.25, 0.3) is 0 Å². The summed E-state index contributed by atoms with van der Waals surface area (Å²) in [6.07, 6.45) is 0. The van der Waals surface area contributed by atoms with Crippen LogP contribution < -0.4 is 0 Å². The van der Waals surface area contributed by atoms with Gasteiger partial charge in [0, 0.05) is 5.56 Å². The molecule has 1 atom stereocenters. The first kappa shape index (κ1) is 17.0. The molecule has 118 valence electrons. The molecule has 0 bridgehead atoms. The predicted octanol–water partition coefficient (Wildman–Crippen LogP) is 3.88. The molecule has 0 aliphatic carbocycles. The summed E-state index contributed by atoms with van der Waals surface area (Å²) < 4.78 is 18.6. The molecule has 23 heavy (non-hydrogen) atoms. The summed E-state index contributed by atoms with van der Waals surface area (Å²) in [6.45, 7) is 3.46. The summed E-state index contributed by atoms with van der Waals surface area (Å²) in [5.74, 6) is -0.967. The van der Waals surface area contributed by atoms with E-state index < -0.39 is 11.5 Å². The Balaban J connectivity index is 2.40. The van der Waals surface area contributed by atoms with Crippen molar-refractivity contribution in [2.24, 2.45) is 0 Å². The minimum absolute atomic E-state index is 0.0986. The summed E-state index contributed by atoms with van der Waals surface area (Å²) in [4.78, 5) is 15.8. The van der Waals surface area contributed by atoms with Crippen LogP contribution in [0.1, 0.15) is 18.1 Å². The van der Waals surface area contributed by atoms with Crippen molar-refractivity contribution in [3.8, 4) is 17.3 Å². The first-order valence-electron chi connectivity index (χ1n) is 7.01. The van der Waals surface area contributed by atoms with E-state index in [2.05, 4.69) is 9.72 Å². The van der Waals surface area contributed by atoms with Crippen molar-refractivity contribution < 1.29 is 13.9 Å². The molecule has 1 aromatic heterocycles. The smallest absolute Gasteiger partial charge is 0.351 e. The highest BCUT2D eigenvalue weighted by Crippen LogP contribution is 2.31. The number of benzene rings is 1. The SMILES string of the molecule is CCOC(=O)C(F)Sc1nc(-c2ccccc2)cc(C)c1C#N. The fourth-order valence-corrected chi connectivity index (χ4v) is 2.81. The van der Waals surface area contributed by atoms with E-state index in [1.165, 1.54) is 0 Å². The van der Waals surface area contributed by atoms with Crippen molar-refractivity contribution in [1.82, 2.24) is 4.98 Å². The molecule has 0 saturated carbocycles. The Kier molecular flexibility index (Phi) is 5.72. The van der Waals surface area contributed by atoms with Gasteiger partial charge in [-0.2, -0.15) is 5.26 Å². The van der Waals surface area contributed by atoms with Crippen LogP contribution in [-0.2, 0) is 9.53 Å². The van der Waals surface area contributed by atoms with Crippen LogP contribution >= 0.6 is 11.8 Å². The summed E-state index contributed by atoms with van der Waals surface area (Å²) >= 11 is 0.591. The number of hydrogen-bond acceptors (Lipinski definition) is 5. The number of carbonyl (C=O) groups is 1. The fourth-order valence-electron chi connectivity index (χ4n) is 1.98. The molecular weight excluding hydrogens is 315 g/mol. The number of hydrogen-bond donors (Lipinski definition) is 0. The third kappa shape index (κ3) is 4.08. The quantitative estimate of drug-likeness (QED) is 0.615. The van der Waals surface area contributed by atoms with Gasteiger partial charge in [-0.1, -0.05) is 42.1 Å². The third-order valence-corrected chi connectivity index (χ3v) is 3.97. The first-order valence-corrected chi connectivity index (χ1v) is 7.89. The Morgan fingerprint density at radius 3 is 2.74 bits per heavy atom. The molecule has 0 fully saturated rings. The molecular formula is C17H15FN2O2S. The maximum absolute atomic E-state index is 14.0. The lowest BCUT2D eigenvalue weighted by atomic mass is 10.1. The number of halogens is 1. The van der Waals surface area contributed by atoms with Gasteiger partial charge in [0.1, 0.15) is 11.1 Å². The van der Waals surface area contributed by atoms with Gasteiger partial charge >= 0.3 is 5.97 Å². The lowest BCUT2D eigenvalue weighted by Gasteiger charge is -2.11. The molecule has 1 heterocycles. The molecule has 6 heteroatoms. The maximum atomic E-state index is 14.0. The molecule has 1 aromatic carbocycles. The highest BCUT2D eigenvalue weighted by molar-refractivity contribution is 8.00. The van der Waals surface area contributed by atoms with Crippen molar-refractivity contribution >= 4 is 17.7 Å². The van der Waals surface area contributed by atoms with E-state index in [0.717, 1.165) is 5.56 Å². The number of thioether (sulfide) groups is 1. The van der Waals surface area contributed by atoms with Crippen LogP contribution in [0, 0.1) is 18.3 Å². The van der Waals surface area contributed by atoms with Gasteiger partial charge in [0.05, 0.1) is 17.9 Å². The van der Waals surface area contributed by atoms with Gasteiger partial charge in [-0.25, -0.2) is 14.2 Å². The van der Waals surface area contributed by atoms with Crippen LogP contribution in [0.2, 0.25) is 0 Å². The molecule has 0 aliphatic rings. The summed E-state index contributed by atoms with van der Waals surface area (Å²) in [5.41, 5.74) is 0.510. The first-order chi connectivity index (χ1) is 11.1. The van der Waals surface area contributed by atoms with E-state index in [9.17, 15) is 14.4 Å². The van der Waals surface area contributed by atoms with Crippen molar-refractivity contribution in [1.29, 1.82) is 5.26 Å². The van der Waals surface area contributed by atoms with Gasteiger partial charge in [0.2, 0.25) is 5.50 Å². The second kappa shape index (κ2) is 7.75. The molecule has 0 N–H and O–H groups in total. The number of carbonyl (C=O) groups excluding carboxylic acids is 1. The molecule has 0 saturated heterocycles. The zero-order valence-corrected chi connectivity index (χ0v) is 13.6. The van der Waals surface area contributed by atoms with Crippen molar-refractivity contribution in [3.05, 3.63) is 47.5 Å². The zero-order chi connectivity index (χ0) is 16.8. The maximum Gasteiger partial charge on any atom is 0.351 e. The third-order valence-electron chi connectivity index (χ3n) is 3.05. The summed E-state index contributed by atoms with van der Waals surface area (Å²) in [5, 5.41) is 9.46. The zero-order valence-electron chi connectivity index (χ0n) is 12.7. The van der Waals surface area contributed by atoms with Crippen molar-refractivity contribution in [3.63, 3.8) is 0 Å². The van der Waals surface area contributed by atoms with Gasteiger partial charge in [-0.3, -0.25) is 0 Å². The van der Waals surface area contributed by atoms with Crippen LogP contribution in [0.3, 0.4) is 0 Å². The van der Waals surface area contributed by atoms with Crippen LogP contribution in [-0.4, -0.2) is 23.1 Å². The van der Waals surface area contributed by atoms with Crippen molar-refractivity contribution in [2.45, 2.75) is 24.4 Å². The largest absolute Gasteiger partial charge is 0.463 e. The van der Waals surface area contributed by atoms with Gasteiger partial charge in [0.15, 0.2) is 0 Å². The number of aryl methyl sites for hydroxylation is 1. The van der Waals surface area contributed by atoms with Gasteiger partial charge < -0.3 is 4.74 Å². The molecule has 0 aliphatic heterocycles. The van der Waals surface area contributed by atoms with Crippen LogP contribution in [0.5, 0.6) is 0 Å². The summed E-state index contributed by atoms with van der Waals surface area (Å²) in [7, 11) is 0. The Hall–Kier alpha value is -2.39. The number of aromatic nitrogens is 1. The van der Waals surface area contributed by atoms with E-state index in [4.69, 9.17) is 0 Å². The van der Waals surface area contributed by atoms with Crippen LogP contribution in [0.25, 0.3) is 11.3 Å². The van der Waals surface area contributed by atoms with E-state index in [1.807, 2.05) is 36.4 Å². The van der Waals surface area contributed by atoms with E-state index in [0.29, 0.717) is 23.0 Å². The average Bonchev–Trinajstić information content (AvgIpc) is 2.55. The van der Waals surface area contributed by atoms with Gasteiger partial charge in [-0.15, -0.1) is 0 Å². The van der Waals surface area contributed by atoms with E-state index in [1.54, 1.807) is 19.9 Å². The van der Waals surface area contributed by atoms with Crippen LogP contribution in [0.4, 0.5) is 4.39 Å². The number of ether oxygens (including phenoxy) is 1. The monoisotopic (exact) mass is 330 g/mol. The number of esters is 1. The van der Waals surface area contributed by atoms with Gasteiger partial charge in [-0.05, 0) is 25.5 Å². The minimum atomic E-state index is -1.92. The molecule has 4 nitrogen and oxygen atoms in total. The molecule has 1 unspecified atom stereocenters. The van der Waals surface area contributed by atoms with E-state index >= 15 is 0 Å². The Bertz CT molecular complexity index is 744. The lowest BCUT2D eigenvalue weighted by Crippen LogP contribution is -2.16. The number of pyridine rings is 1. The number of alkyl halides is 1. The fraction of sp³-hybridized carbons (Fsp3) is 0.235. The predicted molar refractivity (Wildman–Crippen MR) is 86.5 cm³/mol. The number of nitrogens with zero attached hydrogens (tertiary/aromatic N) is 2.